The summed E-state index contributed by atoms with van der Waals surface area (Å²) < 4.78 is 0. The zero-order valence-electron chi connectivity index (χ0n) is 15.2. The van der Waals surface area contributed by atoms with Crippen molar-refractivity contribution in [1.82, 2.24) is 5.32 Å². The Balaban J connectivity index is 1.70. The number of hydrogen-bond acceptors (Lipinski definition) is 2. The lowest BCUT2D eigenvalue weighted by molar-refractivity contribution is -0.137. The highest BCUT2D eigenvalue weighted by atomic mass is 16.2. The summed E-state index contributed by atoms with van der Waals surface area (Å²) in [6.07, 6.45) is 5.73. The van der Waals surface area contributed by atoms with Crippen molar-refractivity contribution in [3.8, 4) is 0 Å². The van der Waals surface area contributed by atoms with Crippen LogP contribution in [0.4, 0.5) is 0 Å². The van der Waals surface area contributed by atoms with Crippen molar-refractivity contribution in [3.63, 3.8) is 0 Å². The highest BCUT2D eigenvalue weighted by Crippen LogP contribution is 2.28. The van der Waals surface area contributed by atoms with Gasteiger partial charge in [-0.25, -0.2) is 0 Å². The minimum atomic E-state index is -0.593. The first-order valence-electron chi connectivity index (χ1n) is 9.63. The van der Waals surface area contributed by atoms with E-state index in [-0.39, 0.29) is 17.6 Å². The molecular weight excluding hydrogens is 322 g/mol. The average molecular weight is 349 g/mol. The predicted octanol–water partition coefficient (Wildman–Crippen LogP) is 4.31. The van der Waals surface area contributed by atoms with Gasteiger partial charge in [0.1, 0.15) is 11.7 Å². The van der Waals surface area contributed by atoms with Crippen LogP contribution >= 0.6 is 0 Å². The third-order valence-electron chi connectivity index (χ3n) is 5.26. The van der Waals surface area contributed by atoms with Crippen molar-refractivity contribution in [2.75, 3.05) is 0 Å². The molecule has 2 aromatic carbocycles. The van der Waals surface area contributed by atoms with Gasteiger partial charge in [-0.3, -0.25) is 9.59 Å². The lowest BCUT2D eigenvalue weighted by atomic mass is 9.79. The minimum absolute atomic E-state index is 0.0416. The van der Waals surface area contributed by atoms with E-state index in [1.807, 2.05) is 60.7 Å². The van der Waals surface area contributed by atoms with Crippen molar-refractivity contribution >= 4 is 11.7 Å². The highest BCUT2D eigenvalue weighted by molar-refractivity contribution is 6.02. The fourth-order valence-electron chi connectivity index (χ4n) is 3.75. The molecule has 1 saturated carbocycles. The molecule has 1 aliphatic carbocycles. The largest absolute Gasteiger partial charge is 0.351 e. The SMILES string of the molecule is O=C(NCc1ccccc1)C(Cc1ccccc1)C(=O)C1CCCCC1. The quantitative estimate of drug-likeness (QED) is 0.757. The number of amides is 1. The lowest BCUT2D eigenvalue weighted by Gasteiger charge is -2.25. The van der Waals surface area contributed by atoms with Gasteiger partial charge in [-0.05, 0) is 30.4 Å². The molecule has 1 amide bonds. The van der Waals surface area contributed by atoms with E-state index in [9.17, 15) is 9.59 Å². The monoisotopic (exact) mass is 349 g/mol. The van der Waals surface area contributed by atoms with Gasteiger partial charge in [0.15, 0.2) is 0 Å². The summed E-state index contributed by atoms with van der Waals surface area (Å²) in [5, 5.41) is 2.98. The van der Waals surface area contributed by atoms with Crippen molar-refractivity contribution in [2.24, 2.45) is 11.8 Å². The summed E-state index contributed by atoms with van der Waals surface area (Å²) >= 11 is 0. The summed E-state index contributed by atoms with van der Waals surface area (Å²) in [5.74, 6) is -0.573. The Morgan fingerprint density at radius 1 is 0.846 bits per heavy atom. The first-order chi connectivity index (χ1) is 12.7. The zero-order valence-corrected chi connectivity index (χ0v) is 15.2. The van der Waals surface area contributed by atoms with Gasteiger partial charge in [0, 0.05) is 12.5 Å². The van der Waals surface area contributed by atoms with Crippen LogP contribution in [0.2, 0.25) is 0 Å². The van der Waals surface area contributed by atoms with Crippen LogP contribution in [0.1, 0.15) is 43.2 Å². The maximum Gasteiger partial charge on any atom is 0.231 e. The van der Waals surface area contributed by atoms with Crippen molar-refractivity contribution in [2.45, 2.75) is 45.1 Å². The molecule has 3 heteroatoms. The number of carbonyl (C=O) groups excluding carboxylic acids is 2. The Hall–Kier alpha value is -2.42. The minimum Gasteiger partial charge on any atom is -0.351 e. The fraction of sp³-hybridized carbons (Fsp3) is 0.391. The summed E-state index contributed by atoms with van der Waals surface area (Å²) in [5.41, 5.74) is 2.08. The van der Waals surface area contributed by atoms with Crippen LogP contribution < -0.4 is 5.32 Å². The lowest BCUT2D eigenvalue weighted by Crippen LogP contribution is -2.39. The molecule has 0 saturated heterocycles. The molecule has 3 nitrogen and oxygen atoms in total. The number of Topliss-reactive ketones (excluding diaryl/α,β-unsaturated/α-hetero) is 1. The molecule has 1 unspecified atom stereocenters. The normalized spacial score (nSPS) is 16.0. The van der Waals surface area contributed by atoms with Crippen LogP contribution in [0.25, 0.3) is 0 Å². The van der Waals surface area contributed by atoms with Gasteiger partial charge in [-0.15, -0.1) is 0 Å². The molecule has 1 fully saturated rings. The van der Waals surface area contributed by atoms with E-state index in [2.05, 4.69) is 5.32 Å². The average Bonchev–Trinajstić information content (AvgIpc) is 2.72. The van der Waals surface area contributed by atoms with E-state index in [4.69, 9.17) is 0 Å². The molecule has 0 aromatic heterocycles. The Labute approximate surface area is 155 Å². The van der Waals surface area contributed by atoms with Gasteiger partial charge in [0.2, 0.25) is 5.91 Å². The maximum atomic E-state index is 13.1. The Bertz CT molecular complexity index is 706. The Morgan fingerprint density at radius 2 is 1.42 bits per heavy atom. The van der Waals surface area contributed by atoms with Crippen molar-refractivity contribution in [1.29, 1.82) is 0 Å². The third-order valence-corrected chi connectivity index (χ3v) is 5.26. The van der Waals surface area contributed by atoms with E-state index in [0.717, 1.165) is 36.8 Å². The molecule has 0 aliphatic heterocycles. The van der Waals surface area contributed by atoms with Gasteiger partial charge >= 0.3 is 0 Å². The fourth-order valence-corrected chi connectivity index (χ4v) is 3.75. The standard InChI is InChI=1S/C23H27NO2/c25-22(20-14-8-3-9-15-20)21(16-18-10-4-1-5-11-18)23(26)24-17-19-12-6-2-7-13-19/h1-2,4-7,10-13,20-21H,3,8-9,14-17H2,(H,24,26). The number of nitrogens with one attached hydrogen (secondary N) is 1. The second-order valence-corrected chi connectivity index (χ2v) is 7.18. The van der Waals surface area contributed by atoms with Crippen LogP contribution in [-0.4, -0.2) is 11.7 Å². The molecule has 1 N–H and O–H groups in total. The van der Waals surface area contributed by atoms with Crippen LogP contribution in [0.3, 0.4) is 0 Å². The summed E-state index contributed by atoms with van der Waals surface area (Å²) in [7, 11) is 0. The Kier molecular flexibility index (Phi) is 6.59. The van der Waals surface area contributed by atoms with E-state index >= 15 is 0 Å². The van der Waals surface area contributed by atoms with Crippen molar-refractivity contribution < 1.29 is 9.59 Å². The molecule has 1 aliphatic rings. The molecule has 3 rings (SSSR count). The van der Waals surface area contributed by atoms with Crippen LogP contribution in [-0.2, 0) is 22.6 Å². The Morgan fingerprint density at radius 3 is 2.04 bits per heavy atom. The number of ketones is 1. The van der Waals surface area contributed by atoms with E-state index in [1.54, 1.807) is 0 Å². The summed E-state index contributed by atoms with van der Waals surface area (Å²) in [6.45, 7) is 0.461. The second kappa shape index (κ2) is 9.33. The molecule has 136 valence electrons. The number of benzene rings is 2. The van der Waals surface area contributed by atoms with E-state index in [1.165, 1.54) is 6.42 Å². The highest BCUT2D eigenvalue weighted by Gasteiger charge is 2.32. The second-order valence-electron chi connectivity index (χ2n) is 7.18. The molecule has 0 bridgehead atoms. The number of carbonyl (C=O) groups is 2. The molecule has 2 aromatic rings. The smallest absolute Gasteiger partial charge is 0.231 e. The molecular formula is C23H27NO2. The van der Waals surface area contributed by atoms with E-state index < -0.39 is 5.92 Å². The first-order valence-corrected chi connectivity index (χ1v) is 9.63. The van der Waals surface area contributed by atoms with Crippen molar-refractivity contribution in [3.05, 3.63) is 71.8 Å². The van der Waals surface area contributed by atoms with E-state index in [0.29, 0.717) is 13.0 Å². The van der Waals surface area contributed by atoms with Gasteiger partial charge < -0.3 is 5.32 Å². The molecule has 0 spiro atoms. The van der Waals surface area contributed by atoms with Crippen LogP contribution in [0, 0.1) is 11.8 Å². The number of rotatable bonds is 7. The van der Waals surface area contributed by atoms with Gasteiger partial charge in [-0.1, -0.05) is 79.9 Å². The van der Waals surface area contributed by atoms with Crippen LogP contribution in [0.5, 0.6) is 0 Å². The summed E-state index contributed by atoms with van der Waals surface area (Å²) in [6, 6.07) is 19.7. The van der Waals surface area contributed by atoms with Gasteiger partial charge in [0.25, 0.3) is 0 Å². The van der Waals surface area contributed by atoms with Crippen LogP contribution in [0.15, 0.2) is 60.7 Å². The maximum absolute atomic E-state index is 13.1. The molecule has 26 heavy (non-hydrogen) atoms. The molecule has 0 radical (unpaired) electrons. The molecule has 0 heterocycles. The topological polar surface area (TPSA) is 46.2 Å². The zero-order chi connectivity index (χ0) is 18.2. The number of hydrogen-bond donors (Lipinski definition) is 1. The van der Waals surface area contributed by atoms with Gasteiger partial charge in [0.05, 0.1) is 0 Å². The van der Waals surface area contributed by atoms with Gasteiger partial charge in [-0.2, -0.15) is 0 Å². The predicted molar refractivity (Wildman–Crippen MR) is 104 cm³/mol. The first kappa shape index (κ1) is 18.4. The molecule has 1 atom stereocenters. The third kappa shape index (κ3) is 5.04. The summed E-state index contributed by atoms with van der Waals surface area (Å²) in [4.78, 5) is 26.0.